The third-order valence-electron chi connectivity index (χ3n) is 3.98. The third kappa shape index (κ3) is 2.28. The molecule has 1 fully saturated rings. The van der Waals surface area contributed by atoms with E-state index in [2.05, 4.69) is 16.9 Å². The Balaban J connectivity index is 2.41. The van der Waals surface area contributed by atoms with Gasteiger partial charge in [-0.05, 0) is 26.2 Å². The van der Waals surface area contributed by atoms with Crippen molar-refractivity contribution in [3.8, 4) is 0 Å². The fourth-order valence-corrected chi connectivity index (χ4v) is 3.02. The molecule has 1 aromatic heterocycles. The van der Waals surface area contributed by atoms with Gasteiger partial charge in [0.05, 0.1) is 11.3 Å². The second kappa shape index (κ2) is 5.55. The summed E-state index contributed by atoms with van der Waals surface area (Å²) in [6, 6.07) is 0.543. The molecule has 0 saturated carbocycles. The van der Waals surface area contributed by atoms with E-state index in [1.165, 1.54) is 25.7 Å². The Morgan fingerprint density at radius 1 is 1.39 bits per heavy atom. The molecule has 0 aliphatic carbocycles. The highest BCUT2D eigenvalue weighted by atomic mass is 16.1. The summed E-state index contributed by atoms with van der Waals surface area (Å²) < 4.78 is 1.87. The molecule has 1 aliphatic rings. The number of nitrogens with zero attached hydrogens (tertiary/aromatic N) is 3. The first-order valence-corrected chi connectivity index (χ1v) is 6.94. The summed E-state index contributed by atoms with van der Waals surface area (Å²) in [5.41, 5.74) is 1.60. The zero-order chi connectivity index (χ0) is 13.1. The lowest BCUT2D eigenvalue weighted by molar-refractivity contribution is 0.112. The van der Waals surface area contributed by atoms with Crippen LogP contribution >= 0.6 is 0 Å². The van der Waals surface area contributed by atoms with Gasteiger partial charge in [-0.2, -0.15) is 5.10 Å². The lowest BCUT2D eigenvalue weighted by Gasteiger charge is -2.31. The van der Waals surface area contributed by atoms with Crippen molar-refractivity contribution in [1.82, 2.24) is 9.78 Å². The highest BCUT2D eigenvalue weighted by Crippen LogP contribution is 2.29. The number of anilines is 1. The zero-order valence-electron chi connectivity index (χ0n) is 11.6. The fourth-order valence-electron chi connectivity index (χ4n) is 3.02. The molecule has 1 unspecified atom stereocenters. The number of carbonyl (C=O) groups is 1. The highest BCUT2D eigenvalue weighted by Gasteiger charge is 2.25. The highest BCUT2D eigenvalue weighted by molar-refractivity contribution is 5.84. The van der Waals surface area contributed by atoms with Crippen LogP contribution in [0.25, 0.3) is 0 Å². The summed E-state index contributed by atoms with van der Waals surface area (Å²) in [7, 11) is 1.94. The summed E-state index contributed by atoms with van der Waals surface area (Å²) >= 11 is 0. The van der Waals surface area contributed by atoms with Gasteiger partial charge in [-0.25, -0.2) is 0 Å². The van der Waals surface area contributed by atoms with E-state index in [1.807, 2.05) is 18.7 Å². The summed E-state index contributed by atoms with van der Waals surface area (Å²) in [6.45, 7) is 5.18. The van der Waals surface area contributed by atoms with E-state index in [9.17, 15) is 4.79 Å². The number of rotatable bonds is 3. The van der Waals surface area contributed by atoms with Crippen molar-refractivity contribution >= 4 is 12.1 Å². The Hall–Kier alpha value is -1.32. The van der Waals surface area contributed by atoms with E-state index in [0.29, 0.717) is 6.04 Å². The average molecular weight is 249 g/mol. The Labute approximate surface area is 109 Å². The maximum atomic E-state index is 11.3. The number of hydrogen-bond acceptors (Lipinski definition) is 3. The van der Waals surface area contributed by atoms with Crippen molar-refractivity contribution in [2.75, 3.05) is 11.4 Å². The topological polar surface area (TPSA) is 38.1 Å². The van der Waals surface area contributed by atoms with E-state index in [4.69, 9.17) is 0 Å². The lowest BCUT2D eigenvalue weighted by Crippen LogP contribution is -2.36. The Morgan fingerprint density at radius 3 is 2.83 bits per heavy atom. The second-order valence-electron chi connectivity index (χ2n) is 5.17. The monoisotopic (exact) mass is 249 g/mol. The van der Waals surface area contributed by atoms with E-state index in [1.54, 1.807) is 0 Å². The molecule has 1 atom stereocenters. The maximum absolute atomic E-state index is 11.3. The van der Waals surface area contributed by atoms with Gasteiger partial charge in [0.15, 0.2) is 6.29 Å². The van der Waals surface area contributed by atoms with Gasteiger partial charge in [0, 0.05) is 19.6 Å². The largest absolute Gasteiger partial charge is 0.353 e. The van der Waals surface area contributed by atoms with Crippen molar-refractivity contribution in [2.45, 2.75) is 52.0 Å². The molecule has 2 rings (SSSR count). The minimum atomic E-state index is 0.543. The molecular weight excluding hydrogens is 226 g/mol. The minimum absolute atomic E-state index is 0.543. The predicted molar refractivity (Wildman–Crippen MR) is 73.2 cm³/mol. The van der Waals surface area contributed by atoms with Gasteiger partial charge in [-0.1, -0.05) is 19.8 Å². The first-order valence-electron chi connectivity index (χ1n) is 6.94. The van der Waals surface area contributed by atoms with E-state index in [-0.39, 0.29) is 0 Å². The lowest BCUT2D eigenvalue weighted by atomic mass is 10.1. The zero-order valence-corrected chi connectivity index (χ0v) is 11.6. The Morgan fingerprint density at radius 2 is 2.17 bits per heavy atom. The van der Waals surface area contributed by atoms with Crippen LogP contribution < -0.4 is 4.90 Å². The number of hydrogen-bond donors (Lipinski definition) is 0. The van der Waals surface area contributed by atoms with Crippen molar-refractivity contribution in [1.29, 1.82) is 0 Å². The number of aryl methyl sites for hydroxylation is 2. The van der Waals surface area contributed by atoms with Crippen LogP contribution in [0.4, 0.5) is 5.82 Å². The van der Waals surface area contributed by atoms with Crippen LogP contribution in [0.3, 0.4) is 0 Å². The van der Waals surface area contributed by atoms with Crippen molar-refractivity contribution in [2.24, 2.45) is 7.05 Å². The van der Waals surface area contributed by atoms with Crippen LogP contribution in [-0.4, -0.2) is 28.7 Å². The number of aromatic nitrogens is 2. The summed E-state index contributed by atoms with van der Waals surface area (Å²) in [6.07, 6.45) is 7.10. The van der Waals surface area contributed by atoms with Gasteiger partial charge in [0.1, 0.15) is 5.82 Å². The Bertz CT molecular complexity index is 425. The molecule has 1 saturated heterocycles. The van der Waals surface area contributed by atoms with E-state index >= 15 is 0 Å². The smallest absolute Gasteiger partial charge is 0.155 e. The molecule has 4 heteroatoms. The SMILES string of the molecule is CCC1CCCCCN1c1c(C=O)c(C)nn1C. The summed E-state index contributed by atoms with van der Waals surface area (Å²) in [4.78, 5) is 13.7. The Kier molecular flexibility index (Phi) is 4.04. The average Bonchev–Trinajstić information content (AvgIpc) is 2.55. The summed E-state index contributed by atoms with van der Waals surface area (Å²) in [5.74, 6) is 1.01. The molecule has 0 radical (unpaired) electrons. The molecular formula is C14H23N3O. The maximum Gasteiger partial charge on any atom is 0.155 e. The van der Waals surface area contributed by atoms with Gasteiger partial charge < -0.3 is 4.90 Å². The molecule has 0 bridgehead atoms. The van der Waals surface area contributed by atoms with Crippen LogP contribution in [0, 0.1) is 6.92 Å². The van der Waals surface area contributed by atoms with Crippen LogP contribution in [0.15, 0.2) is 0 Å². The van der Waals surface area contributed by atoms with E-state index in [0.717, 1.165) is 36.3 Å². The molecule has 0 N–H and O–H groups in total. The van der Waals surface area contributed by atoms with Gasteiger partial charge in [-0.3, -0.25) is 9.48 Å². The number of carbonyl (C=O) groups excluding carboxylic acids is 1. The van der Waals surface area contributed by atoms with Crippen LogP contribution in [0.5, 0.6) is 0 Å². The molecule has 0 spiro atoms. The van der Waals surface area contributed by atoms with Gasteiger partial charge in [0.25, 0.3) is 0 Å². The summed E-state index contributed by atoms with van der Waals surface area (Å²) in [5, 5.41) is 4.40. The first-order chi connectivity index (χ1) is 8.69. The van der Waals surface area contributed by atoms with Crippen molar-refractivity contribution in [3.63, 3.8) is 0 Å². The van der Waals surface area contributed by atoms with Crippen molar-refractivity contribution in [3.05, 3.63) is 11.3 Å². The van der Waals surface area contributed by atoms with Crippen LogP contribution in [-0.2, 0) is 7.05 Å². The fraction of sp³-hybridized carbons (Fsp3) is 0.714. The quantitative estimate of drug-likeness (QED) is 0.773. The molecule has 4 nitrogen and oxygen atoms in total. The van der Waals surface area contributed by atoms with Crippen LogP contribution in [0.2, 0.25) is 0 Å². The molecule has 2 heterocycles. The van der Waals surface area contributed by atoms with Crippen LogP contribution in [0.1, 0.15) is 55.1 Å². The molecule has 0 aromatic carbocycles. The predicted octanol–water partition coefficient (Wildman–Crippen LogP) is 2.70. The van der Waals surface area contributed by atoms with E-state index < -0.39 is 0 Å². The molecule has 0 amide bonds. The van der Waals surface area contributed by atoms with Gasteiger partial charge in [0.2, 0.25) is 0 Å². The molecule has 18 heavy (non-hydrogen) atoms. The van der Waals surface area contributed by atoms with Gasteiger partial charge in [-0.15, -0.1) is 0 Å². The minimum Gasteiger partial charge on any atom is -0.353 e. The third-order valence-corrected chi connectivity index (χ3v) is 3.98. The normalized spacial score (nSPS) is 20.8. The second-order valence-corrected chi connectivity index (χ2v) is 5.17. The molecule has 100 valence electrons. The standard InChI is InChI=1S/C14H23N3O/c1-4-12-8-6-5-7-9-17(12)14-13(10-18)11(2)15-16(14)3/h10,12H,4-9H2,1-3H3. The van der Waals surface area contributed by atoms with Crippen molar-refractivity contribution < 1.29 is 4.79 Å². The molecule has 1 aliphatic heterocycles. The number of aldehydes is 1. The molecule has 1 aromatic rings. The first kappa shape index (κ1) is 13.1. The van der Waals surface area contributed by atoms with Gasteiger partial charge >= 0.3 is 0 Å².